The number of nitrogens with zero attached hydrogens (tertiary/aromatic N) is 2. The van der Waals surface area contributed by atoms with Gasteiger partial charge in [-0.2, -0.15) is 0 Å². The maximum Gasteiger partial charge on any atom is 0.344 e. The highest BCUT2D eigenvalue weighted by Crippen LogP contribution is 2.32. The fourth-order valence-electron chi connectivity index (χ4n) is 4.21. The summed E-state index contributed by atoms with van der Waals surface area (Å²) in [5.41, 5.74) is 1.45. The van der Waals surface area contributed by atoms with Gasteiger partial charge in [-0.25, -0.2) is 9.59 Å². The molecule has 2 aromatic carbocycles. The number of carbonyl (C=O) groups is 3. The Balaban J connectivity index is 2.11. The standard InChI is InChI=1S/C32H42N2O10/c1-5-8-15-27(43-31(36)23-33(6-2)7-3)25-13-9-10-14-26(25)32(37)44-28-18-16-24(22-29(28)40-4)17-19-30(35)41-20-11-12-21-42-34(38)39/h9-10,13-14,16-19,22,27H,5-8,11-12,15,20-21,23H2,1-4H3/b19-17+/t27-/m0/s1. The summed E-state index contributed by atoms with van der Waals surface area (Å²) in [6, 6.07) is 11.7. The van der Waals surface area contributed by atoms with Crippen LogP contribution < -0.4 is 9.47 Å². The molecule has 0 aliphatic carbocycles. The molecule has 2 aromatic rings. The van der Waals surface area contributed by atoms with Gasteiger partial charge in [-0.1, -0.05) is 51.5 Å². The molecule has 12 heteroatoms. The molecule has 0 aliphatic heterocycles. The van der Waals surface area contributed by atoms with Gasteiger partial charge in [0.1, 0.15) is 6.10 Å². The van der Waals surface area contributed by atoms with Gasteiger partial charge in [0, 0.05) is 11.6 Å². The van der Waals surface area contributed by atoms with E-state index in [-0.39, 0.29) is 42.8 Å². The van der Waals surface area contributed by atoms with Gasteiger partial charge in [0.2, 0.25) is 0 Å². The Labute approximate surface area is 258 Å². The van der Waals surface area contributed by atoms with Crippen molar-refractivity contribution in [2.45, 2.75) is 59.0 Å². The van der Waals surface area contributed by atoms with Gasteiger partial charge < -0.3 is 23.8 Å². The van der Waals surface area contributed by atoms with Crippen LogP contribution in [0.3, 0.4) is 0 Å². The lowest BCUT2D eigenvalue weighted by Gasteiger charge is -2.23. The van der Waals surface area contributed by atoms with Crippen LogP contribution in [0.4, 0.5) is 0 Å². The molecule has 0 aliphatic rings. The molecule has 1 atom stereocenters. The molecular weight excluding hydrogens is 572 g/mol. The lowest BCUT2D eigenvalue weighted by molar-refractivity contribution is -0.757. The Morgan fingerprint density at radius 1 is 0.977 bits per heavy atom. The molecule has 0 aromatic heterocycles. The van der Waals surface area contributed by atoms with Crippen molar-refractivity contribution in [3.8, 4) is 11.5 Å². The number of likely N-dealkylation sites (N-methyl/N-ethyl adjacent to an activating group) is 1. The molecule has 0 spiro atoms. The lowest BCUT2D eigenvalue weighted by atomic mass is 9.98. The maximum atomic E-state index is 13.4. The van der Waals surface area contributed by atoms with Crippen molar-refractivity contribution in [1.29, 1.82) is 0 Å². The number of ether oxygens (including phenoxy) is 4. The molecule has 44 heavy (non-hydrogen) atoms. The molecule has 0 saturated heterocycles. The van der Waals surface area contributed by atoms with E-state index in [1.54, 1.807) is 42.5 Å². The maximum absolute atomic E-state index is 13.4. The molecule has 0 N–H and O–H groups in total. The Kier molecular flexibility index (Phi) is 16.0. The molecule has 0 saturated carbocycles. The third kappa shape index (κ3) is 12.4. The number of unbranched alkanes of at least 4 members (excludes halogenated alkanes) is 2. The number of rotatable bonds is 20. The van der Waals surface area contributed by atoms with Crippen LogP contribution in [0.15, 0.2) is 48.5 Å². The van der Waals surface area contributed by atoms with E-state index < -0.39 is 23.1 Å². The Morgan fingerprint density at radius 2 is 1.70 bits per heavy atom. The summed E-state index contributed by atoms with van der Waals surface area (Å²) < 4.78 is 22.1. The molecule has 240 valence electrons. The normalized spacial score (nSPS) is 11.7. The molecule has 0 bridgehead atoms. The first-order valence-corrected chi connectivity index (χ1v) is 14.7. The molecule has 0 fully saturated rings. The Hall–Kier alpha value is -4.45. The first-order valence-electron chi connectivity index (χ1n) is 14.7. The number of hydrogen-bond acceptors (Lipinski definition) is 11. The minimum Gasteiger partial charge on any atom is -0.493 e. The number of carbonyl (C=O) groups excluding carboxylic acids is 3. The van der Waals surface area contributed by atoms with Crippen molar-refractivity contribution in [2.24, 2.45) is 0 Å². The van der Waals surface area contributed by atoms with Crippen LogP contribution in [0, 0.1) is 10.1 Å². The van der Waals surface area contributed by atoms with Gasteiger partial charge in [-0.3, -0.25) is 9.69 Å². The highest BCUT2D eigenvalue weighted by molar-refractivity contribution is 5.93. The van der Waals surface area contributed by atoms with E-state index in [2.05, 4.69) is 4.84 Å². The zero-order valence-electron chi connectivity index (χ0n) is 25.8. The number of methoxy groups -OCH3 is 1. The van der Waals surface area contributed by atoms with Crippen LogP contribution in [-0.4, -0.2) is 67.9 Å². The second-order valence-electron chi connectivity index (χ2n) is 9.73. The van der Waals surface area contributed by atoms with Gasteiger partial charge in [0.25, 0.3) is 5.09 Å². The van der Waals surface area contributed by atoms with Gasteiger partial charge in [0.15, 0.2) is 11.5 Å². The molecule has 0 amide bonds. The number of esters is 3. The van der Waals surface area contributed by atoms with Crippen LogP contribution >= 0.6 is 0 Å². The van der Waals surface area contributed by atoms with Gasteiger partial charge in [-0.15, -0.1) is 10.1 Å². The number of hydrogen-bond donors (Lipinski definition) is 0. The average Bonchev–Trinajstić information content (AvgIpc) is 3.02. The van der Waals surface area contributed by atoms with Crippen LogP contribution in [0.25, 0.3) is 6.08 Å². The monoisotopic (exact) mass is 614 g/mol. The topological polar surface area (TPSA) is 144 Å². The van der Waals surface area contributed by atoms with Crippen molar-refractivity contribution in [3.05, 3.63) is 75.3 Å². The van der Waals surface area contributed by atoms with Gasteiger partial charge >= 0.3 is 17.9 Å². The number of benzene rings is 2. The quantitative estimate of drug-likeness (QED) is 0.0461. The Bertz CT molecular complexity index is 1260. The molecule has 0 unspecified atom stereocenters. The summed E-state index contributed by atoms with van der Waals surface area (Å²) in [5, 5.41) is 9.26. The fraction of sp³-hybridized carbons (Fsp3) is 0.469. The summed E-state index contributed by atoms with van der Waals surface area (Å²) in [6.45, 7) is 7.65. The minimum absolute atomic E-state index is 0.0630. The minimum atomic E-state index is -0.868. The highest BCUT2D eigenvalue weighted by atomic mass is 16.9. The van der Waals surface area contributed by atoms with Crippen LogP contribution in [0.1, 0.15) is 80.5 Å². The summed E-state index contributed by atoms with van der Waals surface area (Å²) >= 11 is 0. The van der Waals surface area contributed by atoms with E-state index in [1.165, 1.54) is 19.3 Å². The van der Waals surface area contributed by atoms with Crippen molar-refractivity contribution >= 4 is 24.0 Å². The van der Waals surface area contributed by atoms with Crippen LogP contribution in [-0.2, 0) is 23.9 Å². The first-order chi connectivity index (χ1) is 21.2. The summed E-state index contributed by atoms with van der Waals surface area (Å²) in [5.74, 6) is -1.12. The second kappa shape index (κ2) is 19.7. The van der Waals surface area contributed by atoms with E-state index >= 15 is 0 Å². The van der Waals surface area contributed by atoms with Crippen LogP contribution in [0.2, 0.25) is 0 Å². The largest absolute Gasteiger partial charge is 0.493 e. The van der Waals surface area contributed by atoms with Crippen LogP contribution in [0.5, 0.6) is 11.5 Å². The third-order valence-electron chi connectivity index (χ3n) is 6.65. The van der Waals surface area contributed by atoms with E-state index in [0.29, 0.717) is 30.4 Å². The molecule has 0 heterocycles. The summed E-state index contributed by atoms with van der Waals surface area (Å²) in [6.07, 6.45) is 5.21. The average molecular weight is 615 g/mol. The van der Waals surface area contributed by atoms with Crippen molar-refractivity contribution in [1.82, 2.24) is 4.90 Å². The second-order valence-corrected chi connectivity index (χ2v) is 9.73. The summed E-state index contributed by atoms with van der Waals surface area (Å²) in [4.78, 5) is 54.4. The van der Waals surface area contributed by atoms with E-state index in [9.17, 15) is 24.5 Å². The van der Waals surface area contributed by atoms with Crippen molar-refractivity contribution in [3.63, 3.8) is 0 Å². The SMILES string of the molecule is CCCC[C@H](OC(=O)CN(CC)CC)c1ccccc1C(=O)Oc1ccc(/C=C/C(=O)OCCCCO[N+](=O)[O-])cc1OC. The molecule has 12 nitrogen and oxygen atoms in total. The molecule has 2 rings (SSSR count). The van der Waals surface area contributed by atoms with E-state index in [1.807, 2.05) is 25.7 Å². The predicted molar refractivity (Wildman–Crippen MR) is 163 cm³/mol. The lowest BCUT2D eigenvalue weighted by Crippen LogP contribution is -2.31. The predicted octanol–water partition coefficient (Wildman–Crippen LogP) is 5.58. The van der Waals surface area contributed by atoms with E-state index in [0.717, 1.165) is 25.9 Å². The zero-order valence-corrected chi connectivity index (χ0v) is 25.8. The fourth-order valence-corrected chi connectivity index (χ4v) is 4.21. The smallest absolute Gasteiger partial charge is 0.344 e. The highest BCUT2D eigenvalue weighted by Gasteiger charge is 2.24. The van der Waals surface area contributed by atoms with E-state index in [4.69, 9.17) is 18.9 Å². The third-order valence-corrected chi connectivity index (χ3v) is 6.65. The first kappa shape index (κ1) is 35.7. The zero-order chi connectivity index (χ0) is 32.3. The summed E-state index contributed by atoms with van der Waals surface area (Å²) in [7, 11) is 1.43. The van der Waals surface area contributed by atoms with Gasteiger partial charge in [0.05, 0.1) is 32.4 Å². The molecular formula is C32H42N2O10. The van der Waals surface area contributed by atoms with Crippen molar-refractivity contribution in [2.75, 3.05) is 40.0 Å². The van der Waals surface area contributed by atoms with Gasteiger partial charge in [-0.05, 0) is 68.6 Å². The molecule has 0 radical (unpaired) electrons. The van der Waals surface area contributed by atoms with Crippen molar-refractivity contribution < 1.29 is 43.3 Å². The Morgan fingerprint density at radius 3 is 2.39 bits per heavy atom.